The van der Waals surface area contributed by atoms with Crippen LogP contribution in [0.1, 0.15) is 42.3 Å². The van der Waals surface area contributed by atoms with Crippen LogP contribution >= 0.6 is 0 Å². The quantitative estimate of drug-likeness (QED) is 0.763. The second-order valence-electron chi connectivity index (χ2n) is 8.14. The number of hydrogen-bond acceptors (Lipinski definition) is 5. The summed E-state index contributed by atoms with van der Waals surface area (Å²) in [6.07, 6.45) is -0.469. The van der Waals surface area contributed by atoms with E-state index < -0.39 is 23.7 Å². The number of esters is 1. The Morgan fingerprint density at radius 3 is 2.47 bits per heavy atom. The third kappa shape index (κ3) is 4.97. The van der Waals surface area contributed by atoms with Gasteiger partial charge < -0.3 is 19.7 Å². The van der Waals surface area contributed by atoms with Crippen molar-refractivity contribution in [1.29, 1.82) is 0 Å². The molecule has 1 atom stereocenters. The normalized spacial score (nSPS) is 14.1. The van der Waals surface area contributed by atoms with Gasteiger partial charge in [-0.15, -0.1) is 0 Å². The zero-order valence-electron chi connectivity index (χ0n) is 17.6. The Morgan fingerprint density at radius 1 is 1.13 bits per heavy atom. The number of para-hydroxylation sites is 1. The minimum atomic E-state index is -0.898. The highest BCUT2D eigenvalue weighted by Gasteiger charge is 2.30. The van der Waals surface area contributed by atoms with Gasteiger partial charge in [-0.1, -0.05) is 30.3 Å². The van der Waals surface area contributed by atoms with E-state index in [0.717, 1.165) is 16.8 Å². The lowest BCUT2D eigenvalue weighted by molar-refractivity contribution is -0.143. The smallest absolute Gasteiger partial charge is 0.408 e. The fourth-order valence-electron chi connectivity index (χ4n) is 3.34. The third-order valence-corrected chi connectivity index (χ3v) is 4.66. The maximum Gasteiger partial charge on any atom is 0.408 e. The third-order valence-electron chi connectivity index (χ3n) is 4.66. The van der Waals surface area contributed by atoms with Gasteiger partial charge in [-0.25, -0.2) is 9.59 Å². The fraction of sp³-hybridized carbons (Fsp3) is 0.348. The van der Waals surface area contributed by atoms with Crippen molar-refractivity contribution < 1.29 is 23.9 Å². The molecule has 0 fully saturated rings. The van der Waals surface area contributed by atoms with E-state index in [4.69, 9.17) is 9.47 Å². The number of ether oxygens (including phenoxy) is 2. The summed E-state index contributed by atoms with van der Waals surface area (Å²) >= 11 is 0. The first-order valence-corrected chi connectivity index (χ1v) is 9.74. The Bertz CT molecular complexity index is 950. The molecule has 3 rings (SSSR count). The van der Waals surface area contributed by atoms with Crippen molar-refractivity contribution in [2.24, 2.45) is 0 Å². The van der Waals surface area contributed by atoms with Crippen LogP contribution < -0.4 is 10.2 Å². The molecule has 1 aliphatic heterocycles. The molecule has 1 N–H and O–H groups in total. The van der Waals surface area contributed by atoms with Gasteiger partial charge in [-0.05, 0) is 50.1 Å². The standard InChI is InChI=1S/C23H26N2O5/c1-23(2,3)30-22(28)24-19(21(27)29-4)13-15-10-11-18-16(12-15)14-25(20(18)26)17-8-6-5-7-9-17/h5-12,19H,13-14H2,1-4H3,(H,24,28)/t19-/m0/s1. The van der Waals surface area contributed by atoms with Crippen molar-refractivity contribution in [2.45, 2.75) is 45.4 Å². The van der Waals surface area contributed by atoms with E-state index in [1.165, 1.54) is 7.11 Å². The van der Waals surface area contributed by atoms with Crippen LogP contribution in [0.25, 0.3) is 0 Å². The van der Waals surface area contributed by atoms with Crippen LogP contribution in [0.15, 0.2) is 48.5 Å². The van der Waals surface area contributed by atoms with Crippen molar-refractivity contribution in [3.05, 3.63) is 65.2 Å². The Balaban J connectivity index is 1.76. The van der Waals surface area contributed by atoms with Gasteiger partial charge in [0.25, 0.3) is 5.91 Å². The predicted molar refractivity (Wildman–Crippen MR) is 112 cm³/mol. The van der Waals surface area contributed by atoms with Gasteiger partial charge in [0.2, 0.25) is 0 Å². The molecule has 158 valence electrons. The number of nitrogens with one attached hydrogen (secondary N) is 1. The largest absolute Gasteiger partial charge is 0.467 e. The molecular weight excluding hydrogens is 384 g/mol. The number of benzene rings is 2. The van der Waals surface area contributed by atoms with Crippen LogP contribution in [0.2, 0.25) is 0 Å². The average molecular weight is 410 g/mol. The average Bonchev–Trinajstić information content (AvgIpc) is 3.02. The van der Waals surface area contributed by atoms with Crippen LogP contribution in [0.3, 0.4) is 0 Å². The molecule has 30 heavy (non-hydrogen) atoms. The van der Waals surface area contributed by atoms with Gasteiger partial charge in [0.15, 0.2) is 0 Å². The maximum atomic E-state index is 12.7. The predicted octanol–water partition coefficient (Wildman–Crippen LogP) is 3.46. The monoisotopic (exact) mass is 410 g/mol. The van der Waals surface area contributed by atoms with E-state index >= 15 is 0 Å². The molecule has 0 saturated carbocycles. The molecule has 0 saturated heterocycles. The van der Waals surface area contributed by atoms with Crippen LogP contribution in [0, 0.1) is 0 Å². The van der Waals surface area contributed by atoms with Crippen molar-refractivity contribution in [1.82, 2.24) is 5.32 Å². The second kappa shape index (κ2) is 8.57. The number of nitrogens with zero attached hydrogens (tertiary/aromatic N) is 1. The zero-order chi connectivity index (χ0) is 21.9. The van der Waals surface area contributed by atoms with Gasteiger partial charge >= 0.3 is 12.1 Å². The molecule has 0 aromatic heterocycles. The van der Waals surface area contributed by atoms with E-state index in [0.29, 0.717) is 12.1 Å². The highest BCUT2D eigenvalue weighted by molar-refractivity contribution is 6.10. The lowest BCUT2D eigenvalue weighted by Gasteiger charge is -2.22. The van der Waals surface area contributed by atoms with Crippen molar-refractivity contribution in [2.75, 3.05) is 12.0 Å². The highest BCUT2D eigenvalue weighted by Crippen LogP contribution is 2.29. The fourth-order valence-corrected chi connectivity index (χ4v) is 3.34. The summed E-state index contributed by atoms with van der Waals surface area (Å²) in [6.45, 7) is 5.69. The van der Waals surface area contributed by atoms with Crippen LogP contribution in [-0.2, 0) is 27.2 Å². The van der Waals surface area contributed by atoms with Crippen molar-refractivity contribution in [3.8, 4) is 0 Å². The molecule has 1 aliphatic rings. The minimum absolute atomic E-state index is 0.0563. The lowest BCUT2D eigenvalue weighted by atomic mass is 10.0. The molecule has 0 aliphatic carbocycles. The molecule has 2 aromatic carbocycles. The number of rotatable bonds is 5. The Kier molecular flexibility index (Phi) is 6.10. The number of methoxy groups -OCH3 is 1. The molecule has 0 unspecified atom stereocenters. The topological polar surface area (TPSA) is 84.9 Å². The van der Waals surface area contributed by atoms with Crippen LogP contribution in [0.4, 0.5) is 10.5 Å². The number of hydrogen-bond donors (Lipinski definition) is 1. The molecule has 0 bridgehead atoms. The number of alkyl carbamates (subject to hydrolysis) is 1. The highest BCUT2D eigenvalue weighted by atomic mass is 16.6. The summed E-state index contributed by atoms with van der Waals surface area (Å²) in [5, 5.41) is 2.57. The SMILES string of the molecule is COC(=O)[C@H](Cc1ccc2c(c1)CN(c1ccccc1)C2=O)NC(=O)OC(C)(C)C. The summed E-state index contributed by atoms with van der Waals surface area (Å²) in [6, 6.07) is 14.0. The molecular formula is C23H26N2O5. The van der Waals surface area contributed by atoms with Crippen molar-refractivity contribution >= 4 is 23.7 Å². The molecule has 1 heterocycles. The number of carbonyl (C=O) groups excluding carboxylic acids is 3. The lowest BCUT2D eigenvalue weighted by Crippen LogP contribution is -2.45. The number of anilines is 1. The van der Waals surface area contributed by atoms with Gasteiger partial charge in [-0.2, -0.15) is 0 Å². The van der Waals surface area contributed by atoms with Crippen LogP contribution in [-0.4, -0.2) is 36.7 Å². The Labute approximate surface area is 176 Å². The van der Waals surface area contributed by atoms with Gasteiger partial charge in [0.1, 0.15) is 11.6 Å². The Morgan fingerprint density at radius 2 is 1.83 bits per heavy atom. The molecule has 2 amide bonds. The first kappa shape index (κ1) is 21.4. The Hall–Kier alpha value is -3.35. The molecule has 0 radical (unpaired) electrons. The first-order valence-electron chi connectivity index (χ1n) is 9.74. The number of fused-ring (bicyclic) bond motifs is 1. The van der Waals surface area contributed by atoms with Gasteiger partial charge in [-0.3, -0.25) is 4.79 Å². The summed E-state index contributed by atoms with van der Waals surface area (Å²) in [4.78, 5) is 38.8. The van der Waals surface area contributed by atoms with Gasteiger partial charge in [0.05, 0.1) is 13.7 Å². The summed E-state index contributed by atoms with van der Waals surface area (Å²) in [5.74, 6) is -0.623. The van der Waals surface area contributed by atoms with E-state index in [-0.39, 0.29) is 12.3 Å². The van der Waals surface area contributed by atoms with E-state index in [9.17, 15) is 14.4 Å². The summed E-state index contributed by atoms with van der Waals surface area (Å²) < 4.78 is 10.1. The number of carbonyl (C=O) groups is 3. The first-order chi connectivity index (χ1) is 14.2. The van der Waals surface area contributed by atoms with E-state index in [1.54, 1.807) is 37.8 Å². The maximum absolute atomic E-state index is 12.7. The summed E-state index contributed by atoms with van der Waals surface area (Å²) in [7, 11) is 1.27. The van der Waals surface area contributed by atoms with E-state index in [2.05, 4.69) is 5.32 Å². The summed E-state index contributed by atoms with van der Waals surface area (Å²) in [5.41, 5.74) is 2.47. The molecule has 0 spiro atoms. The number of amides is 2. The van der Waals surface area contributed by atoms with Crippen molar-refractivity contribution in [3.63, 3.8) is 0 Å². The van der Waals surface area contributed by atoms with E-state index in [1.807, 2.05) is 36.4 Å². The second-order valence-corrected chi connectivity index (χ2v) is 8.14. The molecule has 7 heteroatoms. The molecule has 7 nitrogen and oxygen atoms in total. The van der Waals surface area contributed by atoms with Gasteiger partial charge in [0, 0.05) is 17.7 Å². The van der Waals surface area contributed by atoms with Crippen LogP contribution in [0.5, 0.6) is 0 Å². The molecule has 2 aromatic rings. The zero-order valence-corrected chi connectivity index (χ0v) is 17.6. The minimum Gasteiger partial charge on any atom is -0.467 e.